The predicted molar refractivity (Wildman–Crippen MR) is 206 cm³/mol. The number of carbonyl (C=O) groups is 5. The van der Waals surface area contributed by atoms with Crippen LogP contribution in [-0.4, -0.2) is 75.6 Å². The number of anilines is 2. The highest BCUT2D eigenvalue weighted by Gasteiger charge is 2.39. The van der Waals surface area contributed by atoms with Crippen LogP contribution in [0.1, 0.15) is 85.6 Å². The summed E-state index contributed by atoms with van der Waals surface area (Å²) in [6.45, 7) is 0.976. The SMILES string of the molecule is CNC(=O)c1c[nH]c2cnc(N3CCCc4cc(-c5ccc(C(=O)NCCC#Cc6cccc7c6CN(C6CCC(=O)NC6=O)C7=O)nc5)c(C(F)F)cc43)cc12. The van der Waals surface area contributed by atoms with Gasteiger partial charge in [-0.05, 0) is 72.4 Å². The second kappa shape index (κ2) is 15.3. The third-order valence-electron chi connectivity index (χ3n) is 10.6. The van der Waals surface area contributed by atoms with Gasteiger partial charge in [-0.3, -0.25) is 34.3 Å². The number of carbonyl (C=O) groups excluding carboxylic acids is 5. The third kappa shape index (κ3) is 7.06. The molecule has 3 aliphatic heterocycles. The molecule has 3 aromatic heterocycles. The Bertz CT molecular complexity index is 2540. The number of halogens is 2. The Labute approximate surface area is 325 Å². The van der Waals surface area contributed by atoms with Gasteiger partial charge in [0.05, 0.1) is 17.3 Å². The number of rotatable bonds is 8. The first-order valence-electron chi connectivity index (χ1n) is 18.5. The fourth-order valence-corrected chi connectivity index (χ4v) is 7.67. The van der Waals surface area contributed by atoms with E-state index in [-0.39, 0.29) is 54.9 Å². The van der Waals surface area contributed by atoms with Crippen LogP contribution in [0.15, 0.2) is 67.1 Å². The van der Waals surface area contributed by atoms with Gasteiger partial charge in [0.1, 0.15) is 17.6 Å². The molecule has 0 saturated carbocycles. The molecule has 5 aromatic rings. The average Bonchev–Trinajstić information content (AvgIpc) is 3.80. The first-order chi connectivity index (χ1) is 27.6. The smallest absolute Gasteiger partial charge is 0.269 e. The lowest BCUT2D eigenvalue weighted by Crippen LogP contribution is -2.52. The van der Waals surface area contributed by atoms with Crippen LogP contribution in [0.4, 0.5) is 20.3 Å². The zero-order valence-corrected chi connectivity index (χ0v) is 30.7. The molecular weight excluding hydrogens is 735 g/mol. The van der Waals surface area contributed by atoms with Crippen LogP contribution < -0.4 is 20.9 Å². The molecule has 1 atom stereocenters. The number of nitrogens with zero attached hydrogens (tertiary/aromatic N) is 4. The van der Waals surface area contributed by atoms with Crippen molar-refractivity contribution >= 4 is 51.9 Å². The number of nitrogens with one attached hydrogen (secondary N) is 4. The van der Waals surface area contributed by atoms with E-state index in [4.69, 9.17) is 0 Å². The number of H-pyrrole nitrogens is 1. The number of amides is 5. The molecule has 0 bridgehead atoms. The van der Waals surface area contributed by atoms with Gasteiger partial charge >= 0.3 is 0 Å². The van der Waals surface area contributed by atoms with Crippen LogP contribution in [0.2, 0.25) is 0 Å². The van der Waals surface area contributed by atoms with Crippen LogP contribution in [-0.2, 0) is 22.6 Å². The van der Waals surface area contributed by atoms with Gasteiger partial charge in [0.25, 0.3) is 24.1 Å². The van der Waals surface area contributed by atoms with Crippen LogP contribution in [0.5, 0.6) is 0 Å². The zero-order valence-electron chi connectivity index (χ0n) is 30.7. The maximum absolute atomic E-state index is 14.7. The largest absolute Gasteiger partial charge is 0.359 e. The van der Waals surface area contributed by atoms with Gasteiger partial charge in [0, 0.05) is 85.2 Å². The Kier molecular flexibility index (Phi) is 9.93. The Morgan fingerprint density at radius 2 is 1.88 bits per heavy atom. The number of piperidine rings is 1. The van der Waals surface area contributed by atoms with Crippen molar-refractivity contribution in [2.75, 3.05) is 25.0 Å². The second-order valence-corrected chi connectivity index (χ2v) is 14.0. The second-order valence-electron chi connectivity index (χ2n) is 14.0. The fourth-order valence-electron chi connectivity index (χ4n) is 7.67. The number of fused-ring (bicyclic) bond motifs is 3. The van der Waals surface area contributed by atoms with E-state index in [2.05, 4.69) is 42.7 Å². The molecule has 8 rings (SSSR count). The predicted octanol–water partition coefficient (Wildman–Crippen LogP) is 4.94. The van der Waals surface area contributed by atoms with Crippen molar-refractivity contribution in [1.82, 2.24) is 35.8 Å². The first-order valence-corrected chi connectivity index (χ1v) is 18.5. The standard InChI is InChI=1S/C42H36F2N8O5/c1-45-39(54)30-20-48-33-21-49-36(18-28(30)33)51-15-5-8-24-16-27(29(38(43)44)17-35(24)51)25-10-11-32(47-19-25)40(55)46-14-3-2-6-23-7-4-9-26-31(23)22-52(42(26)57)34-12-13-37(53)50-41(34)56/h4,7,9-11,16-21,34,38,48H,3,5,8,12-15,22H2,1H3,(H,45,54)(H,46,55)(H,50,53,56). The summed E-state index contributed by atoms with van der Waals surface area (Å²) in [5.41, 5.74) is 5.16. The van der Waals surface area contributed by atoms with E-state index in [9.17, 15) is 32.8 Å². The monoisotopic (exact) mass is 770 g/mol. The number of aromatic amines is 1. The summed E-state index contributed by atoms with van der Waals surface area (Å²) in [6.07, 6.45) is 4.02. The quantitative estimate of drug-likeness (QED) is 0.0978. The van der Waals surface area contributed by atoms with Gasteiger partial charge in [-0.1, -0.05) is 24.0 Å². The molecular formula is C42H36F2N8O5. The molecule has 1 saturated heterocycles. The third-order valence-corrected chi connectivity index (χ3v) is 10.6. The number of benzene rings is 2. The number of hydrogen-bond donors (Lipinski definition) is 4. The van der Waals surface area contributed by atoms with E-state index in [0.29, 0.717) is 75.2 Å². The van der Waals surface area contributed by atoms with Gasteiger partial charge in [-0.2, -0.15) is 0 Å². The van der Waals surface area contributed by atoms with Gasteiger partial charge < -0.3 is 25.4 Å². The van der Waals surface area contributed by atoms with Crippen molar-refractivity contribution in [3.8, 4) is 23.0 Å². The fraction of sp³-hybridized carbons (Fsp3) is 0.262. The summed E-state index contributed by atoms with van der Waals surface area (Å²) >= 11 is 0. The summed E-state index contributed by atoms with van der Waals surface area (Å²) in [4.78, 5) is 77.8. The van der Waals surface area contributed by atoms with Gasteiger partial charge in [-0.15, -0.1) is 0 Å². The van der Waals surface area contributed by atoms with Gasteiger partial charge in [0.2, 0.25) is 11.8 Å². The molecule has 2 aromatic carbocycles. The highest BCUT2D eigenvalue weighted by molar-refractivity contribution is 6.07. The minimum absolute atomic E-state index is 0.115. The van der Waals surface area contributed by atoms with E-state index < -0.39 is 24.3 Å². The lowest BCUT2D eigenvalue weighted by molar-refractivity contribution is -0.136. The number of hydrogen-bond acceptors (Lipinski definition) is 8. The van der Waals surface area contributed by atoms with E-state index in [1.165, 1.54) is 23.2 Å². The van der Waals surface area contributed by atoms with E-state index in [0.717, 1.165) is 12.0 Å². The van der Waals surface area contributed by atoms with Crippen molar-refractivity contribution in [3.63, 3.8) is 0 Å². The molecule has 13 nitrogen and oxygen atoms in total. The number of aryl methyl sites for hydroxylation is 1. The lowest BCUT2D eigenvalue weighted by atomic mass is 9.92. The highest BCUT2D eigenvalue weighted by Crippen LogP contribution is 2.41. The molecule has 0 aliphatic carbocycles. The molecule has 5 amide bonds. The Hall–Kier alpha value is -6.95. The van der Waals surface area contributed by atoms with E-state index in [1.807, 2.05) is 4.90 Å². The molecule has 3 aliphatic rings. The molecule has 15 heteroatoms. The number of pyridine rings is 2. The Morgan fingerprint density at radius 3 is 2.65 bits per heavy atom. The minimum Gasteiger partial charge on any atom is -0.359 e. The van der Waals surface area contributed by atoms with E-state index >= 15 is 0 Å². The molecule has 4 N–H and O–H groups in total. The summed E-state index contributed by atoms with van der Waals surface area (Å²) in [6, 6.07) is 12.6. The summed E-state index contributed by atoms with van der Waals surface area (Å²) < 4.78 is 29.3. The van der Waals surface area contributed by atoms with E-state index in [1.54, 1.807) is 55.8 Å². The Balaban J connectivity index is 0.932. The summed E-state index contributed by atoms with van der Waals surface area (Å²) in [7, 11) is 1.55. The minimum atomic E-state index is -2.79. The van der Waals surface area contributed by atoms with Crippen molar-refractivity contribution in [2.24, 2.45) is 0 Å². The van der Waals surface area contributed by atoms with Crippen LogP contribution >= 0.6 is 0 Å². The number of imide groups is 1. The van der Waals surface area contributed by atoms with Crippen LogP contribution in [0.25, 0.3) is 22.0 Å². The molecule has 1 unspecified atom stereocenters. The lowest BCUT2D eigenvalue weighted by Gasteiger charge is -2.32. The van der Waals surface area contributed by atoms with Gasteiger partial charge in [0.15, 0.2) is 0 Å². The first kappa shape index (κ1) is 37.0. The topological polar surface area (TPSA) is 169 Å². The number of alkyl halides is 2. The van der Waals surface area contributed by atoms with Crippen molar-refractivity contribution in [2.45, 2.75) is 51.1 Å². The van der Waals surface area contributed by atoms with Crippen molar-refractivity contribution in [3.05, 3.63) is 106 Å². The highest BCUT2D eigenvalue weighted by atomic mass is 19.3. The zero-order chi connectivity index (χ0) is 39.8. The van der Waals surface area contributed by atoms with Crippen LogP contribution in [0, 0.1) is 11.8 Å². The summed E-state index contributed by atoms with van der Waals surface area (Å²) in [5, 5.41) is 8.39. The molecule has 57 heavy (non-hydrogen) atoms. The maximum Gasteiger partial charge on any atom is 0.269 e. The molecule has 6 heterocycles. The molecule has 0 radical (unpaired) electrons. The summed E-state index contributed by atoms with van der Waals surface area (Å²) in [5.74, 6) is 4.83. The molecule has 1 fully saturated rings. The van der Waals surface area contributed by atoms with Crippen molar-refractivity contribution in [1.29, 1.82) is 0 Å². The maximum atomic E-state index is 14.7. The Morgan fingerprint density at radius 1 is 1.02 bits per heavy atom. The van der Waals surface area contributed by atoms with Gasteiger partial charge in [-0.25, -0.2) is 13.8 Å². The average molecular weight is 771 g/mol. The van der Waals surface area contributed by atoms with Crippen LogP contribution in [0.3, 0.4) is 0 Å². The van der Waals surface area contributed by atoms with Crippen molar-refractivity contribution < 1.29 is 32.8 Å². The molecule has 288 valence electrons. The number of aromatic nitrogens is 3. The molecule has 0 spiro atoms. The normalized spacial score (nSPS) is 16.2.